The van der Waals surface area contributed by atoms with Gasteiger partial charge in [0.15, 0.2) is 0 Å². The van der Waals surface area contributed by atoms with E-state index in [1.165, 1.54) is 0 Å². The number of benzene rings is 2. The summed E-state index contributed by atoms with van der Waals surface area (Å²) in [7, 11) is 0. The van der Waals surface area contributed by atoms with Crippen LogP contribution in [-0.2, 0) is 31.0 Å². The number of furan rings is 1. The van der Waals surface area contributed by atoms with Crippen molar-refractivity contribution in [2.24, 2.45) is 0 Å². The number of fused-ring (bicyclic) bond motifs is 1. The minimum absolute atomic E-state index is 0.0144. The van der Waals surface area contributed by atoms with Gasteiger partial charge < -0.3 is 9.32 Å². The van der Waals surface area contributed by atoms with Gasteiger partial charge in [-0.15, -0.1) is 0 Å². The molecule has 31 heavy (non-hydrogen) atoms. The molecule has 0 aliphatic rings. The molecule has 0 aliphatic heterocycles. The van der Waals surface area contributed by atoms with Gasteiger partial charge >= 0.3 is 5.69 Å². The van der Waals surface area contributed by atoms with Crippen molar-refractivity contribution in [1.82, 2.24) is 14.0 Å². The molecule has 160 valence electrons. The van der Waals surface area contributed by atoms with Crippen molar-refractivity contribution in [2.45, 2.75) is 45.9 Å². The summed E-state index contributed by atoms with van der Waals surface area (Å²) in [6.07, 6.45) is 2.73. The number of aromatic nitrogens is 2. The first-order valence-electron chi connectivity index (χ1n) is 10.7. The molecule has 2 aromatic heterocycles. The number of aryl methyl sites for hydroxylation is 2. The molecule has 0 saturated carbocycles. The fraction of sp³-hybridized carbons (Fsp3) is 0.280. The van der Waals surface area contributed by atoms with E-state index in [0.29, 0.717) is 26.2 Å². The molecule has 0 radical (unpaired) electrons. The van der Waals surface area contributed by atoms with Crippen molar-refractivity contribution in [3.05, 3.63) is 94.8 Å². The monoisotopic (exact) mass is 417 g/mol. The van der Waals surface area contributed by atoms with Crippen LogP contribution in [0.3, 0.4) is 0 Å². The minimum Gasteiger partial charge on any atom is -0.467 e. The molecule has 4 rings (SSSR count). The highest BCUT2D eigenvalue weighted by Crippen LogP contribution is 2.16. The van der Waals surface area contributed by atoms with Crippen molar-refractivity contribution in [3.8, 4) is 0 Å². The van der Waals surface area contributed by atoms with Crippen LogP contribution in [0.2, 0.25) is 0 Å². The molecule has 0 fully saturated rings. The molecule has 0 atom stereocenters. The molecule has 6 heteroatoms. The molecule has 0 bridgehead atoms. The van der Waals surface area contributed by atoms with Gasteiger partial charge in [-0.3, -0.25) is 13.9 Å². The number of amides is 1. The van der Waals surface area contributed by atoms with Crippen LogP contribution in [0.5, 0.6) is 0 Å². The Kier molecular flexibility index (Phi) is 6.36. The average molecular weight is 418 g/mol. The highest BCUT2D eigenvalue weighted by atomic mass is 16.3. The van der Waals surface area contributed by atoms with Crippen LogP contribution in [-0.4, -0.2) is 19.9 Å². The van der Waals surface area contributed by atoms with Crippen molar-refractivity contribution >= 4 is 16.9 Å². The lowest BCUT2D eigenvalue weighted by Crippen LogP contribution is -2.32. The molecule has 0 N–H and O–H groups in total. The Labute approximate surface area is 181 Å². The Bertz CT molecular complexity index is 1190. The van der Waals surface area contributed by atoms with Crippen LogP contribution < -0.4 is 5.69 Å². The predicted molar refractivity (Wildman–Crippen MR) is 121 cm³/mol. The zero-order chi connectivity index (χ0) is 21.6. The number of rotatable bonds is 9. The molecule has 0 spiro atoms. The second-order valence-corrected chi connectivity index (χ2v) is 7.64. The summed E-state index contributed by atoms with van der Waals surface area (Å²) in [5, 5.41) is 0. The van der Waals surface area contributed by atoms with E-state index in [2.05, 4.69) is 6.92 Å². The quantitative estimate of drug-likeness (QED) is 0.405. The van der Waals surface area contributed by atoms with Crippen LogP contribution in [0.4, 0.5) is 0 Å². The van der Waals surface area contributed by atoms with Gasteiger partial charge in [-0.25, -0.2) is 4.79 Å². The van der Waals surface area contributed by atoms with Gasteiger partial charge in [0.05, 0.1) is 23.8 Å². The smallest absolute Gasteiger partial charge is 0.329 e. The number of nitrogens with zero attached hydrogens (tertiary/aromatic N) is 3. The Morgan fingerprint density at radius 2 is 1.55 bits per heavy atom. The molecule has 0 saturated heterocycles. The molecular weight excluding hydrogens is 390 g/mol. The van der Waals surface area contributed by atoms with E-state index in [0.717, 1.165) is 28.8 Å². The molecule has 4 aromatic rings. The van der Waals surface area contributed by atoms with Gasteiger partial charge in [-0.2, -0.15) is 0 Å². The molecule has 0 unspecified atom stereocenters. The normalized spacial score (nSPS) is 11.1. The standard InChI is InChI=1S/C25H27N3O3/c1-2-15-27-22-12-6-7-13-23(22)28(25(27)30)16-14-24(29)26(19-21-11-8-17-31-21)18-20-9-4-3-5-10-20/h3-13,17H,2,14-16,18-19H2,1H3. The fourth-order valence-corrected chi connectivity index (χ4v) is 3.92. The van der Waals surface area contributed by atoms with Crippen LogP contribution in [0.1, 0.15) is 31.1 Å². The van der Waals surface area contributed by atoms with Gasteiger partial charge in [-0.05, 0) is 36.2 Å². The van der Waals surface area contributed by atoms with E-state index >= 15 is 0 Å². The van der Waals surface area contributed by atoms with Crippen molar-refractivity contribution in [3.63, 3.8) is 0 Å². The van der Waals surface area contributed by atoms with Crippen molar-refractivity contribution < 1.29 is 9.21 Å². The summed E-state index contributed by atoms with van der Waals surface area (Å²) in [6, 6.07) is 21.4. The van der Waals surface area contributed by atoms with Gasteiger partial charge in [-0.1, -0.05) is 49.4 Å². The Hall–Kier alpha value is -3.54. The molecule has 2 heterocycles. The summed E-state index contributed by atoms with van der Waals surface area (Å²) < 4.78 is 8.98. The third kappa shape index (κ3) is 4.63. The van der Waals surface area contributed by atoms with E-state index in [1.807, 2.05) is 66.7 Å². The van der Waals surface area contributed by atoms with Crippen LogP contribution in [0, 0.1) is 0 Å². The molecule has 1 amide bonds. The Balaban J connectivity index is 1.55. The number of carbonyl (C=O) groups excluding carboxylic acids is 1. The average Bonchev–Trinajstić information content (AvgIpc) is 3.39. The fourth-order valence-electron chi connectivity index (χ4n) is 3.92. The second-order valence-electron chi connectivity index (χ2n) is 7.64. The SMILES string of the molecule is CCCn1c(=O)n(CCC(=O)N(Cc2ccccc2)Cc2ccco2)c2ccccc21. The highest BCUT2D eigenvalue weighted by Gasteiger charge is 2.18. The predicted octanol–water partition coefficient (Wildman–Crippen LogP) is 4.43. The lowest BCUT2D eigenvalue weighted by molar-refractivity contribution is -0.133. The third-order valence-corrected chi connectivity index (χ3v) is 5.42. The largest absolute Gasteiger partial charge is 0.467 e. The number of para-hydroxylation sites is 2. The zero-order valence-electron chi connectivity index (χ0n) is 17.7. The van der Waals surface area contributed by atoms with Crippen LogP contribution in [0.15, 0.2) is 82.2 Å². The Morgan fingerprint density at radius 1 is 0.871 bits per heavy atom. The second kappa shape index (κ2) is 9.51. The number of hydrogen-bond donors (Lipinski definition) is 0. The number of imidazole rings is 1. The van der Waals surface area contributed by atoms with Crippen molar-refractivity contribution in [2.75, 3.05) is 0 Å². The number of carbonyl (C=O) groups is 1. The molecule has 6 nitrogen and oxygen atoms in total. The van der Waals surface area contributed by atoms with E-state index in [-0.39, 0.29) is 18.0 Å². The molecule has 2 aromatic carbocycles. The molecular formula is C25H27N3O3. The minimum atomic E-state index is -0.0588. The lowest BCUT2D eigenvalue weighted by Gasteiger charge is -2.22. The van der Waals surface area contributed by atoms with Gasteiger partial charge in [0.25, 0.3) is 0 Å². The van der Waals surface area contributed by atoms with Crippen LogP contribution in [0.25, 0.3) is 11.0 Å². The first kappa shape index (κ1) is 20.7. The number of hydrogen-bond acceptors (Lipinski definition) is 3. The lowest BCUT2D eigenvalue weighted by atomic mass is 10.2. The summed E-state index contributed by atoms with van der Waals surface area (Å²) in [4.78, 5) is 28.0. The van der Waals surface area contributed by atoms with E-state index in [9.17, 15) is 9.59 Å². The first-order valence-corrected chi connectivity index (χ1v) is 10.7. The third-order valence-electron chi connectivity index (χ3n) is 5.42. The summed E-state index contributed by atoms with van der Waals surface area (Å²) in [6.45, 7) is 3.95. The van der Waals surface area contributed by atoms with Crippen molar-refractivity contribution in [1.29, 1.82) is 0 Å². The van der Waals surface area contributed by atoms with Gasteiger partial charge in [0.1, 0.15) is 5.76 Å². The Morgan fingerprint density at radius 3 is 2.19 bits per heavy atom. The van der Waals surface area contributed by atoms with E-state index in [4.69, 9.17) is 4.42 Å². The zero-order valence-corrected chi connectivity index (χ0v) is 17.7. The summed E-state index contributed by atoms with van der Waals surface area (Å²) in [5.41, 5.74) is 2.78. The van der Waals surface area contributed by atoms with E-state index in [1.54, 1.807) is 20.3 Å². The van der Waals surface area contributed by atoms with Gasteiger partial charge in [0.2, 0.25) is 5.91 Å². The molecule has 0 aliphatic carbocycles. The maximum atomic E-state index is 13.2. The van der Waals surface area contributed by atoms with Crippen LogP contribution >= 0.6 is 0 Å². The maximum absolute atomic E-state index is 13.2. The highest BCUT2D eigenvalue weighted by molar-refractivity contribution is 5.78. The van der Waals surface area contributed by atoms with E-state index < -0.39 is 0 Å². The first-order chi connectivity index (χ1) is 15.2. The summed E-state index contributed by atoms with van der Waals surface area (Å²) in [5.74, 6) is 0.723. The topological polar surface area (TPSA) is 60.4 Å². The maximum Gasteiger partial charge on any atom is 0.329 e. The summed E-state index contributed by atoms with van der Waals surface area (Å²) >= 11 is 0. The van der Waals surface area contributed by atoms with Gasteiger partial charge in [0, 0.05) is 26.1 Å².